The van der Waals surface area contributed by atoms with Crippen LogP contribution in [0.5, 0.6) is 0 Å². The van der Waals surface area contributed by atoms with Gasteiger partial charge in [0.05, 0.1) is 0 Å². The summed E-state index contributed by atoms with van der Waals surface area (Å²) in [5.41, 5.74) is 0.900. The predicted octanol–water partition coefficient (Wildman–Crippen LogP) is 2.68. The largest absolute Gasteiger partial charge is 0.334 e. The Morgan fingerprint density at radius 1 is 1.33 bits per heavy atom. The van der Waals surface area contributed by atoms with Gasteiger partial charge in [0.15, 0.2) is 5.82 Å². The number of rotatable bonds is 3. The van der Waals surface area contributed by atoms with Crippen molar-refractivity contribution < 1.29 is 4.52 Å². The van der Waals surface area contributed by atoms with Gasteiger partial charge >= 0.3 is 0 Å². The van der Waals surface area contributed by atoms with E-state index in [-0.39, 0.29) is 0 Å². The fourth-order valence-electron chi connectivity index (χ4n) is 2.20. The Hall–Kier alpha value is -1.39. The molecule has 1 unspecified atom stereocenters. The number of hydrogen-bond acceptors (Lipinski definition) is 4. The summed E-state index contributed by atoms with van der Waals surface area (Å²) in [6, 6.07) is 7.89. The second-order valence-corrected chi connectivity index (χ2v) is 4.96. The molecule has 5 heteroatoms. The summed E-state index contributed by atoms with van der Waals surface area (Å²) in [4.78, 5) is 4.41. The summed E-state index contributed by atoms with van der Waals surface area (Å²) >= 11 is 5.84. The van der Waals surface area contributed by atoms with Crippen LogP contribution in [0.4, 0.5) is 0 Å². The van der Waals surface area contributed by atoms with Crippen molar-refractivity contribution in [1.82, 2.24) is 15.5 Å². The molecule has 1 N–H and O–H groups in total. The highest BCUT2D eigenvalue weighted by molar-refractivity contribution is 6.30. The highest BCUT2D eigenvalue weighted by Gasteiger charge is 2.18. The molecule has 2 heterocycles. The normalized spacial score (nSPS) is 19.3. The zero-order chi connectivity index (χ0) is 12.4. The third-order valence-corrected chi connectivity index (χ3v) is 3.40. The SMILES string of the molecule is Clc1ccc(-c2nc(CC3CCCN3)no2)cc1. The first-order valence-electron chi connectivity index (χ1n) is 6.13. The Kier molecular flexibility index (Phi) is 3.30. The van der Waals surface area contributed by atoms with Crippen LogP contribution in [0.3, 0.4) is 0 Å². The fourth-order valence-corrected chi connectivity index (χ4v) is 2.32. The summed E-state index contributed by atoms with van der Waals surface area (Å²) in [6.07, 6.45) is 3.24. The minimum Gasteiger partial charge on any atom is -0.334 e. The van der Waals surface area contributed by atoms with E-state index in [1.54, 1.807) is 0 Å². The summed E-state index contributed by atoms with van der Waals surface area (Å²) in [7, 11) is 0. The van der Waals surface area contributed by atoms with E-state index in [1.807, 2.05) is 24.3 Å². The lowest BCUT2D eigenvalue weighted by molar-refractivity contribution is 0.418. The molecule has 0 radical (unpaired) electrons. The van der Waals surface area contributed by atoms with E-state index in [1.165, 1.54) is 12.8 Å². The van der Waals surface area contributed by atoms with Crippen molar-refractivity contribution in [3.05, 3.63) is 35.1 Å². The molecule has 1 aliphatic rings. The second kappa shape index (κ2) is 5.08. The van der Waals surface area contributed by atoms with E-state index < -0.39 is 0 Å². The number of nitrogens with zero attached hydrogens (tertiary/aromatic N) is 2. The van der Waals surface area contributed by atoms with Gasteiger partial charge in [0, 0.05) is 23.0 Å². The van der Waals surface area contributed by atoms with Crippen molar-refractivity contribution in [2.24, 2.45) is 0 Å². The molecule has 4 nitrogen and oxygen atoms in total. The van der Waals surface area contributed by atoms with Gasteiger partial charge in [-0.2, -0.15) is 4.98 Å². The van der Waals surface area contributed by atoms with Crippen LogP contribution in [0, 0.1) is 0 Å². The lowest BCUT2D eigenvalue weighted by Gasteiger charge is -2.04. The van der Waals surface area contributed by atoms with Crippen LogP contribution < -0.4 is 5.32 Å². The molecular weight excluding hydrogens is 250 g/mol. The van der Waals surface area contributed by atoms with Gasteiger partial charge in [0.2, 0.25) is 0 Å². The van der Waals surface area contributed by atoms with Crippen LogP contribution >= 0.6 is 11.6 Å². The predicted molar refractivity (Wildman–Crippen MR) is 69.5 cm³/mol. The molecule has 18 heavy (non-hydrogen) atoms. The van der Waals surface area contributed by atoms with Crippen LogP contribution in [0.25, 0.3) is 11.5 Å². The topological polar surface area (TPSA) is 51.0 Å². The number of benzene rings is 1. The molecule has 0 bridgehead atoms. The van der Waals surface area contributed by atoms with Crippen molar-refractivity contribution in [3.63, 3.8) is 0 Å². The minimum atomic E-state index is 0.487. The molecule has 0 aliphatic carbocycles. The minimum absolute atomic E-state index is 0.487. The van der Waals surface area contributed by atoms with E-state index in [9.17, 15) is 0 Å². The van der Waals surface area contributed by atoms with E-state index >= 15 is 0 Å². The summed E-state index contributed by atoms with van der Waals surface area (Å²) < 4.78 is 5.27. The van der Waals surface area contributed by atoms with Gasteiger partial charge in [-0.1, -0.05) is 16.8 Å². The maximum absolute atomic E-state index is 5.84. The van der Waals surface area contributed by atoms with Gasteiger partial charge < -0.3 is 9.84 Å². The summed E-state index contributed by atoms with van der Waals surface area (Å²) in [5.74, 6) is 1.32. The van der Waals surface area contributed by atoms with E-state index in [4.69, 9.17) is 16.1 Å². The average Bonchev–Trinajstić information content (AvgIpc) is 3.02. The van der Waals surface area contributed by atoms with Crippen molar-refractivity contribution in [2.45, 2.75) is 25.3 Å². The molecule has 0 saturated carbocycles. The van der Waals surface area contributed by atoms with Gasteiger partial charge in [-0.3, -0.25) is 0 Å². The Bertz CT molecular complexity index is 517. The summed E-state index contributed by atoms with van der Waals surface area (Å²) in [5, 5.41) is 8.14. The fraction of sp³-hybridized carbons (Fsp3) is 0.385. The van der Waals surface area contributed by atoms with Crippen LogP contribution in [0.15, 0.2) is 28.8 Å². The molecule has 1 aliphatic heterocycles. The standard InChI is InChI=1S/C13H14ClN3O/c14-10-5-3-9(4-6-10)13-16-12(17-18-13)8-11-2-1-7-15-11/h3-6,11,15H,1-2,7-8H2. The second-order valence-electron chi connectivity index (χ2n) is 4.52. The quantitative estimate of drug-likeness (QED) is 0.925. The Labute approximate surface area is 110 Å². The first-order valence-corrected chi connectivity index (χ1v) is 6.51. The number of aromatic nitrogens is 2. The molecular formula is C13H14ClN3O. The molecule has 94 valence electrons. The van der Waals surface area contributed by atoms with Crippen LogP contribution in [0.1, 0.15) is 18.7 Å². The third kappa shape index (κ3) is 2.54. The summed E-state index contributed by atoms with van der Waals surface area (Å²) in [6.45, 7) is 1.09. The lowest BCUT2D eigenvalue weighted by Crippen LogP contribution is -2.24. The molecule has 0 amide bonds. The smallest absolute Gasteiger partial charge is 0.257 e. The Morgan fingerprint density at radius 3 is 2.89 bits per heavy atom. The lowest BCUT2D eigenvalue weighted by atomic mass is 10.1. The van der Waals surface area contributed by atoms with Crippen molar-refractivity contribution in [1.29, 1.82) is 0 Å². The molecule has 0 spiro atoms. The molecule has 1 aromatic carbocycles. The first kappa shape index (κ1) is 11.7. The third-order valence-electron chi connectivity index (χ3n) is 3.15. The van der Waals surface area contributed by atoms with Crippen molar-refractivity contribution >= 4 is 11.6 Å². The average molecular weight is 264 g/mol. The zero-order valence-corrected chi connectivity index (χ0v) is 10.7. The molecule has 1 aromatic heterocycles. The molecule has 2 aromatic rings. The van der Waals surface area contributed by atoms with Crippen LogP contribution in [-0.4, -0.2) is 22.7 Å². The maximum Gasteiger partial charge on any atom is 0.257 e. The van der Waals surface area contributed by atoms with Gasteiger partial charge in [-0.15, -0.1) is 0 Å². The highest BCUT2D eigenvalue weighted by atomic mass is 35.5. The maximum atomic E-state index is 5.84. The van der Waals surface area contributed by atoms with E-state index in [0.29, 0.717) is 17.0 Å². The molecule has 3 rings (SSSR count). The Morgan fingerprint density at radius 2 is 2.17 bits per heavy atom. The van der Waals surface area contributed by atoms with Gasteiger partial charge in [0.25, 0.3) is 5.89 Å². The zero-order valence-electron chi connectivity index (χ0n) is 9.90. The highest BCUT2D eigenvalue weighted by Crippen LogP contribution is 2.20. The van der Waals surface area contributed by atoms with Crippen LogP contribution in [0.2, 0.25) is 5.02 Å². The monoisotopic (exact) mass is 263 g/mol. The van der Waals surface area contributed by atoms with Crippen LogP contribution in [-0.2, 0) is 6.42 Å². The van der Waals surface area contributed by atoms with Crippen molar-refractivity contribution in [3.8, 4) is 11.5 Å². The van der Waals surface area contributed by atoms with Gasteiger partial charge in [-0.05, 0) is 43.7 Å². The number of hydrogen-bond donors (Lipinski definition) is 1. The van der Waals surface area contributed by atoms with Gasteiger partial charge in [-0.25, -0.2) is 0 Å². The molecule has 1 fully saturated rings. The number of halogens is 1. The first-order chi connectivity index (χ1) is 8.81. The number of nitrogens with one attached hydrogen (secondary N) is 1. The van der Waals surface area contributed by atoms with E-state index in [0.717, 1.165) is 24.4 Å². The Balaban J connectivity index is 1.74. The van der Waals surface area contributed by atoms with Crippen molar-refractivity contribution in [2.75, 3.05) is 6.54 Å². The van der Waals surface area contributed by atoms with Gasteiger partial charge in [0.1, 0.15) is 0 Å². The van der Waals surface area contributed by atoms with E-state index in [2.05, 4.69) is 15.5 Å². The molecule has 1 saturated heterocycles. The molecule has 1 atom stereocenters.